The summed E-state index contributed by atoms with van der Waals surface area (Å²) in [5, 5.41) is 13.3. The Bertz CT molecular complexity index is 1760. The lowest BCUT2D eigenvalue weighted by atomic mass is 10.1. The van der Waals surface area contributed by atoms with Crippen LogP contribution in [0.5, 0.6) is 0 Å². The molecule has 182 valence electrons. The van der Waals surface area contributed by atoms with E-state index in [1.54, 1.807) is 35.8 Å². The summed E-state index contributed by atoms with van der Waals surface area (Å²) in [6.07, 6.45) is 0. The molecular weight excluding hydrogens is 472 g/mol. The maximum atomic E-state index is 12.9. The molecule has 0 spiro atoms. The van der Waals surface area contributed by atoms with E-state index in [9.17, 15) is 9.59 Å². The van der Waals surface area contributed by atoms with E-state index in [2.05, 4.69) is 15.4 Å². The number of hydrogen-bond acceptors (Lipinski definition) is 8. The molecule has 0 fully saturated rings. The molecule has 3 heterocycles. The molecule has 9 nitrogen and oxygen atoms in total. The third-order valence-electron chi connectivity index (χ3n) is 6.11. The van der Waals surface area contributed by atoms with Gasteiger partial charge < -0.3 is 18.2 Å². The van der Waals surface area contributed by atoms with Gasteiger partial charge in [0.05, 0.1) is 11.0 Å². The highest BCUT2D eigenvalue weighted by atomic mass is 16.5. The van der Waals surface area contributed by atoms with Gasteiger partial charge in [-0.25, -0.2) is 0 Å². The second kappa shape index (κ2) is 9.19. The smallest absolute Gasteiger partial charge is 0.326 e. The standard InChI is InChI=1S/C28H20N4O5/c1-17-25(26(31-37-17)18-9-3-2-4-10-18)28-30-29-23(36-28)16-35-24(33)15-32-21-13-7-5-11-19(21)27(34)20-12-6-8-14-22(20)32/h2-14H,15-16H2,1H3. The van der Waals surface area contributed by atoms with Gasteiger partial charge in [0.1, 0.15) is 23.6 Å². The van der Waals surface area contributed by atoms with Gasteiger partial charge in [-0.1, -0.05) is 59.8 Å². The molecule has 0 bridgehead atoms. The van der Waals surface area contributed by atoms with Crippen molar-refractivity contribution in [2.45, 2.75) is 20.1 Å². The lowest BCUT2D eigenvalue weighted by molar-refractivity contribution is -0.146. The van der Waals surface area contributed by atoms with E-state index in [1.165, 1.54) is 0 Å². The number of para-hydroxylation sites is 2. The van der Waals surface area contributed by atoms with E-state index < -0.39 is 5.97 Å². The number of rotatable bonds is 6. The zero-order valence-electron chi connectivity index (χ0n) is 19.7. The Morgan fingerprint density at radius 2 is 1.54 bits per heavy atom. The van der Waals surface area contributed by atoms with Crippen LogP contribution in [0.1, 0.15) is 11.7 Å². The molecule has 0 aliphatic heterocycles. The lowest BCUT2D eigenvalue weighted by Gasteiger charge is -2.14. The molecule has 3 aromatic heterocycles. The first-order valence-electron chi connectivity index (χ1n) is 11.6. The zero-order chi connectivity index (χ0) is 25.4. The van der Waals surface area contributed by atoms with Gasteiger partial charge in [-0.2, -0.15) is 0 Å². The van der Waals surface area contributed by atoms with Crippen molar-refractivity contribution in [3.63, 3.8) is 0 Å². The molecule has 3 aromatic carbocycles. The minimum Gasteiger partial charge on any atom is -0.454 e. The van der Waals surface area contributed by atoms with Crippen LogP contribution in [0, 0.1) is 6.92 Å². The summed E-state index contributed by atoms with van der Waals surface area (Å²) in [6, 6.07) is 23.9. The Labute approximate surface area is 209 Å². The first-order chi connectivity index (χ1) is 18.1. The summed E-state index contributed by atoms with van der Waals surface area (Å²) in [5.41, 5.74) is 3.25. The quantitative estimate of drug-likeness (QED) is 0.238. The van der Waals surface area contributed by atoms with Crippen molar-refractivity contribution in [3.05, 3.63) is 101 Å². The number of fused-ring (bicyclic) bond motifs is 2. The number of aryl methyl sites for hydroxylation is 1. The largest absolute Gasteiger partial charge is 0.454 e. The summed E-state index contributed by atoms with van der Waals surface area (Å²) in [5.74, 6) is 0.381. The Balaban J connectivity index is 1.24. The molecule has 6 aromatic rings. The summed E-state index contributed by atoms with van der Waals surface area (Å²) >= 11 is 0. The number of carbonyl (C=O) groups is 1. The molecule has 0 saturated carbocycles. The molecule has 0 N–H and O–H groups in total. The second-order valence-electron chi connectivity index (χ2n) is 8.44. The van der Waals surface area contributed by atoms with Gasteiger partial charge in [-0.05, 0) is 31.2 Å². The van der Waals surface area contributed by atoms with Gasteiger partial charge >= 0.3 is 5.97 Å². The number of nitrogens with zero attached hydrogens (tertiary/aromatic N) is 4. The molecule has 37 heavy (non-hydrogen) atoms. The summed E-state index contributed by atoms with van der Waals surface area (Å²) in [7, 11) is 0. The van der Waals surface area contributed by atoms with Crippen LogP contribution in [0.4, 0.5) is 0 Å². The number of pyridine rings is 1. The van der Waals surface area contributed by atoms with E-state index in [4.69, 9.17) is 13.7 Å². The predicted octanol–water partition coefficient (Wildman–Crippen LogP) is 4.91. The van der Waals surface area contributed by atoms with Crippen LogP contribution in [0.2, 0.25) is 0 Å². The molecule has 0 aliphatic rings. The van der Waals surface area contributed by atoms with Crippen LogP contribution in [0.25, 0.3) is 44.5 Å². The lowest BCUT2D eigenvalue weighted by Crippen LogP contribution is -2.18. The van der Waals surface area contributed by atoms with Gasteiger partial charge in [0.2, 0.25) is 0 Å². The van der Waals surface area contributed by atoms with Crippen molar-refractivity contribution in [3.8, 4) is 22.7 Å². The molecule has 0 aliphatic carbocycles. The molecule has 6 rings (SSSR count). The fraction of sp³-hybridized carbons (Fsp3) is 0.107. The molecule has 0 saturated heterocycles. The minimum atomic E-state index is -0.509. The van der Waals surface area contributed by atoms with Gasteiger partial charge in [0, 0.05) is 16.3 Å². The highest BCUT2D eigenvalue weighted by molar-refractivity contribution is 5.94. The second-order valence-corrected chi connectivity index (χ2v) is 8.44. The Morgan fingerprint density at radius 1 is 0.892 bits per heavy atom. The van der Waals surface area contributed by atoms with E-state index in [-0.39, 0.29) is 30.4 Å². The van der Waals surface area contributed by atoms with Crippen LogP contribution in [-0.2, 0) is 22.7 Å². The fourth-order valence-electron chi connectivity index (χ4n) is 4.39. The predicted molar refractivity (Wildman–Crippen MR) is 135 cm³/mol. The van der Waals surface area contributed by atoms with Crippen molar-refractivity contribution in [2.75, 3.05) is 0 Å². The first-order valence-corrected chi connectivity index (χ1v) is 11.6. The van der Waals surface area contributed by atoms with Crippen LogP contribution in [0.15, 0.2) is 92.6 Å². The highest BCUT2D eigenvalue weighted by Crippen LogP contribution is 2.33. The van der Waals surface area contributed by atoms with Crippen LogP contribution >= 0.6 is 0 Å². The topological polar surface area (TPSA) is 113 Å². The van der Waals surface area contributed by atoms with E-state index in [0.29, 0.717) is 38.8 Å². The van der Waals surface area contributed by atoms with Crippen LogP contribution in [0.3, 0.4) is 0 Å². The number of benzene rings is 3. The highest BCUT2D eigenvalue weighted by Gasteiger charge is 2.22. The minimum absolute atomic E-state index is 0.0758. The molecule has 0 amide bonds. The SMILES string of the molecule is Cc1onc(-c2ccccc2)c1-c1nnc(COC(=O)Cn2c3ccccc3c(=O)c3ccccc32)o1. The number of aromatic nitrogens is 4. The molecule has 0 unspecified atom stereocenters. The van der Waals surface area contributed by atoms with Crippen molar-refractivity contribution in [2.24, 2.45) is 0 Å². The summed E-state index contributed by atoms with van der Waals surface area (Å²) < 4.78 is 18.4. The third-order valence-corrected chi connectivity index (χ3v) is 6.11. The van der Waals surface area contributed by atoms with Crippen molar-refractivity contribution < 1.29 is 18.5 Å². The van der Waals surface area contributed by atoms with Crippen LogP contribution in [-0.4, -0.2) is 25.9 Å². The molecular formula is C28H20N4O5. The average Bonchev–Trinajstić information content (AvgIpc) is 3.56. The number of hydrogen-bond donors (Lipinski definition) is 0. The fourth-order valence-corrected chi connectivity index (χ4v) is 4.39. The number of ether oxygens (including phenoxy) is 1. The normalized spacial score (nSPS) is 11.3. The number of carbonyl (C=O) groups excluding carboxylic acids is 1. The monoisotopic (exact) mass is 492 g/mol. The Morgan fingerprint density at radius 3 is 2.24 bits per heavy atom. The zero-order valence-corrected chi connectivity index (χ0v) is 19.7. The van der Waals surface area contributed by atoms with Crippen molar-refractivity contribution in [1.29, 1.82) is 0 Å². The van der Waals surface area contributed by atoms with Gasteiger partial charge in [-0.3, -0.25) is 9.59 Å². The van der Waals surface area contributed by atoms with Crippen molar-refractivity contribution in [1.82, 2.24) is 19.9 Å². The molecule has 0 radical (unpaired) electrons. The van der Waals surface area contributed by atoms with E-state index in [1.807, 2.05) is 54.6 Å². The van der Waals surface area contributed by atoms with E-state index in [0.717, 1.165) is 5.56 Å². The van der Waals surface area contributed by atoms with Gasteiger partial charge in [0.15, 0.2) is 12.0 Å². The van der Waals surface area contributed by atoms with Crippen molar-refractivity contribution >= 4 is 27.8 Å². The summed E-state index contributed by atoms with van der Waals surface area (Å²) in [6.45, 7) is 1.47. The molecule has 9 heteroatoms. The van der Waals surface area contributed by atoms with Gasteiger partial charge in [-0.15, -0.1) is 10.2 Å². The van der Waals surface area contributed by atoms with E-state index >= 15 is 0 Å². The van der Waals surface area contributed by atoms with Crippen LogP contribution < -0.4 is 5.43 Å². The maximum Gasteiger partial charge on any atom is 0.326 e. The Kier molecular flexibility index (Phi) is 5.57. The van der Waals surface area contributed by atoms with Gasteiger partial charge in [0.25, 0.3) is 11.8 Å². The maximum absolute atomic E-state index is 12.9. The molecule has 0 atom stereocenters. The Hall–Kier alpha value is -5.05. The summed E-state index contributed by atoms with van der Waals surface area (Å²) in [4.78, 5) is 25.8. The first kappa shape index (κ1) is 22.4. The third kappa shape index (κ3) is 4.06. The average molecular weight is 492 g/mol. The number of esters is 1.